The lowest BCUT2D eigenvalue weighted by molar-refractivity contribution is -0.126. The summed E-state index contributed by atoms with van der Waals surface area (Å²) in [6.07, 6.45) is 1.65. The van der Waals surface area contributed by atoms with Crippen molar-refractivity contribution >= 4 is 23.1 Å². The Morgan fingerprint density at radius 1 is 0.467 bits per heavy atom. The van der Waals surface area contributed by atoms with Crippen LogP contribution >= 0.6 is 0 Å². The van der Waals surface area contributed by atoms with Gasteiger partial charge in [-0.05, 0) is 91.2 Å². The predicted octanol–water partition coefficient (Wildman–Crippen LogP) is 8.22. The third-order valence-electron chi connectivity index (χ3n) is 8.89. The molecule has 0 radical (unpaired) electrons. The van der Waals surface area contributed by atoms with Gasteiger partial charge in [-0.2, -0.15) is 0 Å². The van der Waals surface area contributed by atoms with Gasteiger partial charge in [-0.25, -0.2) is 0 Å². The third-order valence-corrected chi connectivity index (χ3v) is 8.89. The van der Waals surface area contributed by atoms with Gasteiger partial charge in [0.15, 0.2) is 0 Å². The topological polar surface area (TPSA) is 186 Å². The number of Topliss-reactive ketones (excluding diaryl/α,β-unsaturated/α-hetero) is 4. The molecule has 356 valence electrons. The Bertz CT molecular complexity index is 1140. The molecule has 0 bridgehead atoms. The van der Waals surface area contributed by atoms with Gasteiger partial charge in [-0.15, -0.1) is 0 Å². The molecule has 0 saturated carbocycles. The highest BCUT2D eigenvalue weighted by Crippen LogP contribution is 2.16. The van der Waals surface area contributed by atoms with Gasteiger partial charge in [0.2, 0.25) is 0 Å². The van der Waals surface area contributed by atoms with Crippen molar-refractivity contribution in [3.05, 3.63) is 24.3 Å². The summed E-state index contributed by atoms with van der Waals surface area (Å²) in [6.45, 7) is 39.1. The van der Waals surface area contributed by atoms with Crippen molar-refractivity contribution < 1.29 is 58.6 Å². The zero-order valence-corrected chi connectivity index (χ0v) is 40.9. The highest BCUT2D eigenvalue weighted by atomic mass is 16.5. The lowest BCUT2D eigenvalue weighted by Crippen LogP contribution is -2.25. The smallest absolute Gasteiger partial charge is 0.135 e. The third kappa shape index (κ3) is 41.2. The first-order chi connectivity index (χ1) is 27.6. The monoisotopic (exact) mass is 861 g/mol. The van der Waals surface area contributed by atoms with Crippen LogP contribution < -0.4 is 0 Å². The van der Waals surface area contributed by atoms with Crippen LogP contribution in [0.5, 0.6) is 0 Å². The molecule has 0 spiro atoms. The molecule has 60 heavy (non-hydrogen) atoms. The number of ether oxygens (including phenoxy) is 4. The van der Waals surface area contributed by atoms with Crippen LogP contribution in [0.25, 0.3) is 0 Å². The molecule has 0 aliphatic rings. The molecule has 0 heterocycles. The molecule has 0 amide bonds. The molecule has 0 aromatic carbocycles. The predicted molar refractivity (Wildman–Crippen MR) is 243 cm³/mol. The van der Waals surface area contributed by atoms with E-state index in [-0.39, 0.29) is 97.8 Å². The van der Waals surface area contributed by atoms with Gasteiger partial charge < -0.3 is 39.4 Å². The number of aliphatic hydroxyl groups excluding tert-OH is 4. The molecule has 0 aromatic rings. The fourth-order valence-corrected chi connectivity index (χ4v) is 4.70. The van der Waals surface area contributed by atoms with E-state index in [9.17, 15) is 29.4 Å². The number of carbonyl (C=O) groups excluding carboxylic acids is 4. The van der Waals surface area contributed by atoms with Gasteiger partial charge in [-0.1, -0.05) is 68.5 Å². The number of rotatable bonds is 30. The first kappa shape index (κ1) is 64.5. The summed E-state index contributed by atoms with van der Waals surface area (Å²) in [4.78, 5) is 45.8. The van der Waals surface area contributed by atoms with E-state index in [0.29, 0.717) is 63.4 Å². The summed E-state index contributed by atoms with van der Waals surface area (Å²) in [6, 6.07) is 0. The molecule has 12 nitrogen and oxygen atoms in total. The van der Waals surface area contributed by atoms with E-state index in [1.807, 2.05) is 96.9 Å². The van der Waals surface area contributed by atoms with E-state index in [0.717, 1.165) is 11.1 Å². The molecule has 0 rings (SSSR count). The zero-order chi connectivity index (χ0) is 47.7. The largest absolute Gasteiger partial charge is 0.394 e. The minimum Gasteiger partial charge on any atom is -0.394 e. The second kappa shape index (κ2) is 38.5. The van der Waals surface area contributed by atoms with Crippen molar-refractivity contribution in [2.45, 2.75) is 211 Å². The molecule has 4 N–H and O–H groups in total. The summed E-state index contributed by atoms with van der Waals surface area (Å²) < 4.78 is 21.4. The Kier molecular flexibility index (Phi) is 41.4. The van der Waals surface area contributed by atoms with Gasteiger partial charge in [0.1, 0.15) is 29.2 Å². The molecule has 0 aromatic heterocycles. The summed E-state index contributed by atoms with van der Waals surface area (Å²) >= 11 is 0. The first-order valence-electron chi connectivity index (χ1n) is 22.2. The minimum absolute atomic E-state index is 0.00716. The second-order valence-electron chi connectivity index (χ2n) is 17.6. The van der Waals surface area contributed by atoms with Gasteiger partial charge >= 0.3 is 0 Å². The maximum absolute atomic E-state index is 11.6. The van der Waals surface area contributed by atoms with Crippen LogP contribution in [0.1, 0.15) is 162 Å². The number of hydrogen-bond acceptors (Lipinski definition) is 12. The fourth-order valence-electron chi connectivity index (χ4n) is 4.70. The molecule has 0 saturated heterocycles. The van der Waals surface area contributed by atoms with Crippen molar-refractivity contribution in [3.63, 3.8) is 0 Å². The molecule has 0 fully saturated rings. The Labute approximate surface area is 366 Å². The van der Waals surface area contributed by atoms with Crippen LogP contribution in [0, 0.1) is 23.7 Å². The maximum atomic E-state index is 11.6. The quantitative estimate of drug-likeness (QED) is 0.0508. The molecule has 12 heteroatoms. The first-order valence-corrected chi connectivity index (χ1v) is 22.2. The van der Waals surface area contributed by atoms with E-state index >= 15 is 0 Å². The van der Waals surface area contributed by atoms with Crippen LogP contribution in [-0.2, 0) is 38.1 Å². The molecular formula is C48H92O12. The Morgan fingerprint density at radius 3 is 1.20 bits per heavy atom. The summed E-state index contributed by atoms with van der Waals surface area (Å²) in [5.74, 6) is 1.00. The molecule has 4 atom stereocenters. The average molecular weight is 861 g/mol. The van der Waals surface area contributed by atoms with Crippen LogP contribution in [0.4, 0.5) is 0 Å². The van der Waals surface area contributed by atoms with Gasteiger partial charge in [0.05, 0.1) is 69.2 Å². The van der Waals surface area contributed by atoms with E-state index in [4.69, 9.17) is 29.2 Å². The number of ketones is 4. The van der Waals surface area contributed by atoms with Crippen molar-refractivity contribution in [3.8, 4) is 0 Å². The normalized spacial score (nSPS) is 13.4. The van der Waals surface area contributed by atoms with Gasteiger partial charge in [0.25, 0.3) is 0 Å². The van der Waals surface area contributed by atoms with Crippen molar-refractivity contribution in [2.24, 2.45) is 23.7 Å². The van der Waals surface area contributed by atoms with E-state index < -0.39 is 12.2 Å². The SMILES string of the molecule is C=C(C(C)C)C(CO)OC(C)C.C=C(C(C)C)C(O)COC(C)C.CC(C)OC(CO)CCC(=O)CCC(=O)C(C)C.CC(C)OCC(O)CCC(=O)CCC(=O)C(C)C. The molecule has 4 unspecified atom stereocenters. The molecular weight excluding hydrogens is 769 g/mol. The minimum atomic E-state index is -0.600. The lowest BCUT2D eigenvalue weighted by atomic mass is 10.00. The fraction of sp³-hybridized carbons (Fsp3) is 0.833. The standard InChI is InChI=1S/2C14H26O4.2C10H20O2/c1-10(2)14(17)8-6-12(16)5-7-13(9-15)18-11(3)4;1-10(2)14(17)8-7-12(15)5-6-13(16)9-18-11(3)4;1-7(2)9(5)10(11)6-12-8(3)4;1-7(2)9(5)10(6-11)12-8(3)4/h10-11,13,15H,5-9H2,1-4H3;10-11,13,16H,5-9H2,1-4H3;2*7-8,10-11H,5-6H2,1-4H3. The average Bonchev–Trinajstić information content (AvgIpc) is 3.16. The van der Waals surface area contributed by atoms with Gasteiger partial charge in [0, 0.05) is 50.4 Å². The Hall–Kier alpha value is -2.16. The van der Waals surface area contributed by atoms with Crippen LogP contribution in [-0.4, -0.2) is 119 Å². The van der Waals surface area contributed by atoms with Crippen molar-refractivity contribution in [2.75, 3.05) is 26.4 Å². The van der Waals surface area contributed by atoms with Crippen LogP contribution in [0.3, 0.4) is 0 Å². The van der Waals surface area contributed by atoms with Crippen molar-refractivity contribution in [1.82, 2.24) is 0 Å². The Balaban J connectivity index is -0.000000355. The van der Waals surface area contributed by atoms with E-state index in [1.165, 1.54) is 0 Å². The number of hydrogen-bond donors (Lipinski definition) is 4. The van der Waals surface area contributed by atoms with Crippen molar-refractivity contribution in [1.29, 1.82) is 0 Å². The molecule has 0 aliphatic heterocycles. The van der Waals surface area contributed by atoms with E-state index in [2.05, 4.69) is 27.0 Å². The van der Waals surface area contributed by atoms with Gasteiger partial charge in [-0.3, -0.25) is 19.2 Å². The van der Waals surface area contributed by atoms with Crippen LogP contribution in [0.15, 0.2) is 24.3 Å². The number of carbonyl (C=O) groups is 4. The maximum Gasteiger partial charge on any atom is 0.135 e. The van der Waals surface area contributed by atoms with Crippen LogP contribution in [0.2, 0.25) is 0 Å². The Morgan fingerprint density at radius 2 is 0.867 bits per heavy atom. The summed E-state index contributed by atoms with van der Waals surface area (Å²) in [7, 11) is 0. The lowest BCUT2D eigenvalue weighted by Gasteiger charge is -2.22. The highest BCUT2D eigenvalue weighted by Gasteiger charge is 2.17. The summed E-state index contributed by atoms with van der Waals surface area (Å²) in [5, 5.41) is 37.2. The van der Waals surface area contributed by atoms with E-state index in [1.54, 1.807) is 0 Å². The summed E-state index contributed by atoms with van der Waals surface area (Å²) in [5.41, 5.74) is 1.81. The molecule has 0 aliphatic carbocycles. The second-order valence-corrected chi connectivity index (χ2v) is 17.6. The highest BCUT2D eigenvalue weighted by molar-refractivity contribution is 5.87. The zero-order valence-electron chi connectivity index (χ0n) is 40.9. The number of aliphatic hydroxyl groups is 4.